The topological polar surface area (TPSA) is 46.5 Å². The lowest BCUT2D eigenvalue weighted by Crippen LogP contribution is -2.13. The second-order valence-electron chi connectivity index (χ2n) is 5.68. The Balaban J connectivity index is 2.23. The van der Waals surface area contributed by atoms with E-state index in [-0.39, 0.29) is 16.7 Å². The molecule has 0 saturated carbocycles. The maximum Gasteiger partial charge on any atom is 0.347 e. The van der Waals surface area contributed by atoms with Gasteiger partial charge in [-0.2, -0.15) is 0 Å². The van der Waals surface area contributed by atoms with Crippen LogP contribution in [-0.4, -0.2) is 11.1 Å². The highest BCUT2D eigenvalue weighted by atomic mass is 16.5. The third-order valence-electron chi connectivity index (χ3n) is 3.04. The zero-order valence-electron chi connectivity index (χ0n) is 11.9. The summed E-state index contributed by atoms with van der Waals surface area (Å²) in [6.07, 6.45) is 0. The van der Waals surface area contributed by atoms with Gasteiger partial charge >= 0.3 is 5.97 Å². The molecule has 104 valence electrons. The van der Waals surface area contributed by atoms with Crippen molar-refractivity contribution in [1.82, 2.24) is 0 Å². The molecular weight excluding hydrogens is 252 g/mol. The van der Waals surface area contributed by atoms with Gasteiger partial charge in [0.25, 0.3) is 0 Å². The van der Waals surface area contributed by atoms with Crippen molar-refractivity contribution in [3.8, 4) is 11.5 Å². The normalized spacial score (nSPS) is 11.2. The minimum atomic E-state index is -0.561. The number of benzene rings is 2. The quantitative estimate of drug-likeness (QED) is 0.664. The van der Waals surface area contributed by atoms with E-state index in [1.807, 2.05) is 32.9 Å². The molecule has 0 aliphatic rings. The molecule has 0 fully saturated rings. The van der Waals surface area contributed by atoms with Crippen molar-refractivity contribution in [2.45, 2.75) is 26.2 Å². The summed E-state index contributed by atoms with van der Waals surface area (Å²) < 4.78 is 5.21. The van der Waals surface area contributed by atoms with Crippen molar-refractivity contribution in [3.63, 3.8) is 0 Å². The summed E-state index contributed by atoms with van der Waals surface area (Å²) in [6, 6.07) is 13.8. The lowest BCUT2D eigenvalue weighted by molar-refractivity contribution is 0.0731. The van der Waals surface area contributed by atoms with Crippen LogP contribution in [0, 0.1) is 0 Å². The molecule has 2 aromatic carbocycles. The van der Waals surface area contributed by atoms with Gasteiger partial charge in [-0.1, -0.05) is 45.0 Å². The van der Waals surface area contributed by atoms with Crippen LogP contribution in [0.25, 0.3) is 0 Å². The third-order valence-corrected chi connectivity index (χ3v) is 3.04. The van der Waals surface area contributed by atoms with Crippen LogP contribution in [0.5, 0.6) is 11.5 Å². The van der Waals surface area contributed by atoms with E-state index in [1.54, 1.807) is 36.4 Å². The molecule has 3 nitrogen and oxygen atoms in total. The lowest BCUT2D eigenvalue weighted by atomic mass is 9.86. The van der Waals surface area contributed by atoms with Crippen molar-refractivity contribution in [2.75, 3.05) is 0 Å². The van der Waals surface area contributed by atoms with E-state index >= 15 is 0 Å². The standard InChI is InChI=1S/C17H18O3/c1-17(2,3)12-9-10-14(15(18)11-12)16(19)20-13-7-5-4-6-8-13/h4-11,18H,1-3H3. The molecule has 0 amide bonds. The van der Waals surface area contributed by atoms with Gasteiger partial charge in [0.05, 0.1) is 0 Å². The average molecular weight is 270 g/mol. The number of esters is 1. The molecule has 20 heavy (non-hydrogen) atoms. The van der Waals surface area contributed by atoms with Crippen LogP contribution < -0.4 is 4.74 Å². The molecule has 2 aromatic rings. The third kappa shape index (κ3) is 3.18. The van der Waals surface area contributed by atoms with Gasteiger partial charge in [-0.05, 0) is 35.2 Å². The van der Waals surface area contributed by atoms with Crippen molar-refractivity contribution in [2.24, 2.45) is 0 Å². The fourth-order valence-electron chi connectivity index (χ4n) is 1.82. The van der Waals surface area contributed by atoms with Gasteiger partial charge in [0, 0.05) is 0 Å². The summed E-state index contributed by atoms with van der Waals surface area (Å²) in [7, 11) is 0. The van der Waals surface area contributed by atoms with Crippen LogP contribution in [-0.2, 0) is 5.41 Å². The number of carbonyl (C=O) groups excluding carboxylic acids is 1. The van der Waals surface area contributed by atoms with E-state index in [9.17, 15) is 9.90 Å². The maximum atomic E-state index is 12.0. The van der Waals surface area contributed by atoms with Gasteiger partial charge in [0.2, 0.25) is 0 Å². The van der Waals surface area contributed by atoms with E-state index in [4.69, 9.17) is 4.74 Å². The van der Waals surface area contributed by atoms with Crippen LogP contribution in [0.1, 0.15) is 36.7 Å². The second kappa shape index (κ2) is 5.37. The van der Waals surface area contributed by atoms with Crippen LogP contribution in [0.4, 0.5) is 0 Å². The first kappa shape index (κ1) is 14.1. The Morgan fingerprint density at radius 3 is 2.25 bits per heavy atom. The van der Waals surface area contributed by atoms with Crippen molar-refractivity contribution < 1.29 is 14.6 Å². The summed E-state index contributed by atoms with van der Waals surface area (Å²) in [5.41, 5.74) is 1.05. The Morgan fingerprint density at radius 2 is 1.70 bits per heavy atom. The number of rotatable bonds is 2. The molecule has 3 heteroatoms. The molecule has 0 bridgehead atoms. The number of hydrogen-bond donors (Lipinski definition) is 1. The van der Waals surface area contributed by atoms with E-state index in [2.05, 4.69) is 0 Å². The molecule has 0 aliphatic heterocycles. The Kier molecular flexibility index (Phi) is 3.79. The first-order chi connectivity index (χ1) is 9.38. The lowest BCUT2D eigenvalue weighted by Gasteiger charge is -2.19. The number of para-hydroxylation sites is 1. The Hall–Kier alpha value is -2.29. The molecule has 2 rings (SSSR count). The number of ether oxygens (including phenoxy) is 1. The zero-order valence-corrected chi connectivity index (χ0v) is 11.9. The predicted molar refractivity (Wildman–Crippen MR) is 78.2 cm³/mol. The van der Waals surface area contributed by atoms with E-state index in [0.29, 0.717) is 5.75 Å². The average Bonchev–Trinajstić information content (AvgIpc) is 2.38. The molecule has 0 saturated heterocycles. The summed E-state index contributed by atoms with van der Waals surface area (Å²) in [5, 5.41) is 10.0. The van der Waals surface area contributed by atoms with E-state index < -0.39 is 5.97 Å². The molecule has 0 radical (unpaired) electrons. The Bertz CT molecular complexity index is 610. The molecule has 0 unspecified atom stereocenters. The van der Waals surface area contributed by atoms with Gasteiger partial charge in [0.1, 0.15) is 17.1 Å². The smallest absolute Gasteiger partial charge is 0.347 e. The predicted octanol–water partition coefficient (Wildman–Crippen LogP) is 3.91. The maximum absolute atomic E-state index is 12.0. The van der Waals surface area contributed by atoms with E-state index in [0.717, 1.165) is 5.56 Å². The van der Waals surface area contributed by atoms with Crippen molar-refractivity contribution >= 4 is 5.97 Å². The van der Waals surface area contributed by atoms with Gasteiger partial charge in [0.15, 0.2) is 0 Å². The zero-order chi connectivity index (χ0) is 14.8. The molecule has 0 aromatic heterocycles. The molecule has 0 aliphatic carbocycles. The van der Waals surface area contributed by atoms with Gasteiger partial charge in [-0.15, -0.1) is 0 Å². The van der Waals surface area contributed by atoms with Gasteiger partial charge in [-0.3, -0.25) is 0 Å². The van der Waals surface area contributed by atoms with Gasteiger partial charge < -0.3 is 9.84 Å². The number of aromatic hydroxyl groups is 1. The number of hydrogen-bond acceptors (Lipinski definition) is 3. The molecule has 0 spiro atoms. The van der Waals surface area contributed by atoms with Crippen molar-refractivity contribution in [3.05, 3.63) is 59.7 Å². The highest BCUT2D eigenvalue weighted by Gasteiger charge is 2.19. The number of carbonyl (C=O) groups is 1. The monoisotopic (exact) mass is 270 g/mol. The molecule has 0 heterocycles. The highest BCUT2D eigenvalue weighted by Crippen LogP contribution is 2.28. The SMILES string of the molecule is CC(C)(C)c1ccc(C(=O)Oc2ccccc2)c(O)c1. The summed E-state index contributed by atoms with van der Waals surface area (Å²) in [4.78, 5) is 12.0. The minimum Gasteiger partial charge on any atom is -0.507 e. The molecular formula is C17H18O3. The van der Waals surface area contributed by atoms with Crippen LogP contribution >= 0.6 is 0 Å². The van der Waals surface area contributed by atoms with Crippen molar-refractivity contribution in [1.29, 1.82) is 0 Å². The Labute approximate surface area is 118 Å². The molecule has 1 N–H and O–H groups in total. The minimum absolute atomic E-state index is 0.0571. The summed E-state index contributed by atoms with van der Waals surface area (Å²) >= 11 is 0. The second-order valence-corrected chi connectivity index (χ2v) is 5.68. The summed E-state index contributed by atoms with van der Waals surface area (Å²) in [5.74, 6) is -0.163. The fraction of sp³-hybridized carbons (Fsp3) is 0.235. The summed E-state index contributed by atoms with van der Waals surface area (Å²) in [6.45, 7) is 6.14. The van der Waals surface area contributed by atoms with Gasteiger partial charge in [-0.25, -0.2) is 4.79 Å². The van der Waals surface area contributed by atoms with Crippen LogP contribution in [0.3, 0.4) is 0 Å². The van der Waals surface area contributed by atoms with Crippen LogP contribution in [0.2, 0.25) is 0 Å². The first-order valence-electron chi connectivity index (χ1n) is 6.48. The highest BCUT2D eigenvalue weighted by molar-refractivity contribution is 5.94. The molecule has 0 atom stereocenters. The fourth-order valence-corrected chi connectivity index (χ4v) is 1.82. The van der Waals surface area contributed by atoms with Crippen LogP contribution in [0.15, 0.2) is 48.5 Å². The number of phenolic OH excluding ortho intramolecular Hbond substituents is 1. The Morgan fingerprint density at radius 1 is 1.05 bits per heavy atom. The first-order valence-corrected chi connectivity index (χ1v) is 6.48. The number of phenols is 1. The van der Waals surface area contributed by atoms with E-state index in [1.165, 1.54) is 0 Å². The largest absolute Gasteiger partial charge is 0.507 e.